The lowest BCUT2D eigenvalue weighted by Crippen LogP contribution is -2.45. The molecule has 5 nitrogen and oxygen atoms in total. The third kappa shape index (κ3) is 4.34. The summed E-state index contributed by atoms with van der Waals surface area (Å²) in [5.41, 5.74) is 0.552. The van der Waals surface area contributed by atoms with E-state index in [-0.39, 0.29) is 17.7 Å². The van der Waals surface area contributed by atoms with Gasteiger partial charge in [0.05, 0.1) is 17.7 Å². The molecule has 0 saturated carbocycles. The molecule has 1 aliphatic rings. The second-order valence-electron chi connectivity index (χ2n) is 6.08. The average Bonchev–Trinajstić information content (AvgIpc) is 3.00. The molecular weight excluding hydrogens is 268 g/mol. The number of furan rings is 1. The predicted molar refractivity (Wildman–Crippen MR) is 79.8 cm³/mol. The maximum absolute atomic E-state index is 12.3. The topological polar surface area (TPSA) is 62.6 Å². The number of amides is 2. The van der Waals surface area contributed by atoms with Crippen molar-refractivity contribution in [3.63, 3.8) is 0 Å². The largest absolute Gasteiger partial charge is 0.472 e. The molecule has 0 aromatic carbocycles. The van der Waals surface area contributed by atoms with Crippen molar-refractivity contribution in [2.45, 2.75) is 33.1 Å². The van der Waals surface area contributed by atoms with Crippen LogP contribution in [0, 0.1) is 11.8 Å². The lowest BCUT2D eigenvalue weighted by Gasteiger charge is -2.31. The minimum atomic E-state index is -0.0956. The van der Waals surface area contributed by atoms with Crippen LogP contribution in [0.5, 0.6) is 0 Å². The molecule has 1 atom stereocenters. The second-order valence-corrected chi connectivity index (χ2v) is 6.08. The molecule has 1 aromatic rings. The van der Waals surface area contributed by atoms with Gasteiger partial charge < -0.3 is 14.6 Å². The number of hydrogen-bond donors (Lipinski definition) is 1. The van der Waals surface area contributed by atoms with Crippen molar-refractivity contribution in [3.8, 4) is 0 Å². The van der Waals surface area contributed by atoms with Crippen LogP contribution >= 0.6 is 0 Å². The number of rotatable bonds is 5. The van der Waals surface area contributed by atoms with Crippen LogP contribution in [-0.4, -0.2) is 36.3 Å². The molecule has 116 valence electrons. The average molecular weight is 292 g/mol. The first kappa shape index (κ1) is 15.6. The predicted octanol–water partition coefficient (Wildman–Crippen LogP) is 2.29. The number of hydrogen-bond acceptors (Lipinski definition) is 3. The molecule has 1 fully saturated rings. The summed E-state index contributed by atoms with van der Waals surface area (Å²) in [6, 6.07) is 1.66. The Morgan fingerprint density at radius 1 is 1.48 bits per heavy atom. The summed E-state index contributed by atoms with van der Waals surface area (Å²) in [6.07, 6.45) is 5.65. The van der Waals surface area contributed by atoms with Crippen LogP contribution in [-0.2, 0) is 4.79 Å². The summed E-state index contributed by atoms with van der Waals surface area (Å²) in [7, 11) is 0. The minimum Gasteiger partial charge on any atom is -0.472 e. The highest BCUT2D eigenvalue weighted by atomic mass is 16.3. The van der Waals surface area contributed by atoms with Crippen LogP contribution in [0.25, 0.3) is 0 Å². The van der Waals surface area contributed by atoms with Gasteiger partial charge in [0, 0.05) is 19.6 Å². The van der Waals surface area contributed by atoms with E-state index < -0.39 is 0 Å². The number of nitrogens with one attached hydrogen (secondary N) is 1. The van der Waals surface area contributed by atoms with Crippen LogP contribution in [0.1, 0.15) is 43.5 Å². The van der Waals surface area contributed by atoms with Crippen LogP contribution in [0.3, 0.4) is 0 Å². The van der Waals surface area contributed by atoms with Crippen molar-refractivity contribution < 1.29 is 14.0 Å². The van der Waals surface area contributed by atoms with E-state index in [1.54, 1.807) is 11.0 Å². The van der Waals surface area contributed by atoms with Gasteiger partial charge in [-0.1, -0.05) is 13.8 Å². The smallest absolute Gasteiger partial charge is 0.257 e. The first-order valence-corrected chi connectivity index (χ1v) is 7.67. The lowest BCUT2D eigenvalue weighted by atomic mass is 9.96. The summed E-state index contributed by atoms with van der Waals surface area (Å²) in [5.74, 6) is 0.501. The monoisotopic (exact) mass is 292 g/mol. The third-order valence-electron chi connectivity index (χ3n) is 3.87. The zero-order valence-electron chi connectivity index (χ0n) is 12.8. The Bertz CT molecular complexity index is 468. The Morgan fingerprint density at radius 3 is 2.95 bits per heavy atom. The summed E-state index contributed by atoms with van der Waals surface area (Å²) >= 11 is 0. The van der Waals surface area contributed by atoms with Crippen molar-refractivity contribution in [2.75, 3.05) is 19.6 Å². The lowest BCUT2D eigenvalue weighted by molar-refractivity contribution is -0.126. The van der Waals surface area contributed by atoms with Crippen molar-refractivity contribution in [1.29, 1.82) is 0 Å². The highest BCUT2D eigenvalue weighted by molar-refractivity contribution is 5.94. The molecule has 2 amide bonds. The van der Waals surface area contributed by atoms with Gasteiger partial charge in [0.25, 0.3) is 5.91 Å². The second kappa shape index (κ2) is 7.29. The number of piperidine rings is 1. The molecule has 0 radical (unpaired) electrons. The number of carbonyl (C=O) groups excluding carboxylic acids is 2. The van der Waals surface area contributed by atoms with E-state index in [0.717, 1.165) is 19.3 Å². The van der Waals surface area contributed by atoms with E-state index >= 15 is 0 Å². The zero-order chi connectivity index (χ0) is 15.2. The van der Waals surface area contributed by atoms with Gasteiger partial charge in [0.1, 0.15) is 6.26 Å². The molecule has 0 aliphatic carbocycles. The molecule has 5 heteroatoms. The molecule has 0 spiro atoms. The first-order valence-electron chi connectivity index (χ1n) is 7.67. The van der Waals surface area contributed by atoms with Crippen LogP contribution in [0.2, 0.25) is 0 Å². The highest BCUT2D eigenvalue weighted by Gasteiger charge is 2.29. The SMILES string of the molecule is CC(C)CCNC(=O)C1CCCN(C(=O)c2ccoc2)C1. The van der Waals surface area contributed by atoms with Crippen LogP contribution in [0.4, 0.5) is 0 Å². The molecule has 21 heavy (non-hydrogen) atoms. The summed E-state index contributed by atoms with van der Waals surface area (Å²) < 4.78 is 4.95. The van der Waals surface area contributed by atoms with E-state index in [1.807, 2.05) is 0 Å². The van der Waals surface area contributed by atoms with Gasteiger partial charge in [-0.05, 0) is 31.2 Å². The number of likely N-dealkylation sites (tertiary alicyclic amines) is 1. The Labute approximate surface area is 125 Å². The fourth-order valence-corrected chi connectivity index (χ4v) is 2.57. The van der Waals surface area contributed by atoms with Gasteiger partial charge in [-0.2, -0.15) is 0 Å². The van der Waals surface area contributed by atoms with Crippen LogP contribution in [0.15, 0.2) is 23.0 Å². The van der Waals surface area contributed by atoms with Gasteiger partial charge >= 0.3 is 0 Å². The normalized spacial score (nSPS) is 18.8. The van der Waals surface area contributed by atoms with Gasteiger partial charge in [-0.25, -0.2) is 0 Å². The Kier molecular flexibility index (Phi) is 5.42. The summed E-state index contributed by atoms with van der Waals surface area (Å²) in [5, 5.41) is 2.98. The molecule has 2 heterocycles. The molecule has 1 aliphatic heterocycles. The third-order valence-corrected chi connectivity index (χ3v) is 3.87. The standard InChI is InChI=1S/C16H24N2O3/c1-12(2)5-7-17-15(19)13-4-3-8-18(10-13)16(20)14-6-9-21-11-14/h6,9,11-13H,3-5,7-8,10H2,1-2H3,(H,17,19). The minimum absolute atomic E-state index is 0.0524. The number of nitrogens with zero attached hydrogens (tertiary/aromatic N) is 1. The van der Waals surface area contributed by atoms with E-state index in [4.69, 9.17) is 4.42 Å². The summed E-state index contributed by atoms with van der Waals surface area (Å²) in [6.45, 7) is 6.19. The molecule has 1 unspecified atom stereocenters. The highest BCUT2D eigenvalue weighted by Crippen LogP contribution is 2.19. The first-order chi connectivity index (χ1) is 10.1. The van der Waals surface area contributed by atoms with Crippen molar-refractivity contribution in [1.82, 2.24) is 10.2 Å². The van der Waals surface area contributed by atoms with E-state index in [0.29, 0.717) is 31.1 Å². The van der Waals surface area contributed by atoms with Crippen molar-refractivity contribution >= 4 is 11.8 Å². The molecule has 1 saturated heterocycles. The van der Waals surface area contributed by atoms with Crippen LogP contribution < -0.4 is 5.32 Å². The van der Waals surface area contributed by atoms with E-state index in [2.05, 4.69) is 19.2 Å². The Morgan fingerprint density at radius 2 is 2.29 bits per heavy atom. The van der Waals surface area contributed by atoms with Crippen molar-refractivity contribution in [3.05, 3.63) is 24.2 Å². The summed E-state index contributed by atoms with van der Waals surface area (Å²) in [4.78, 5) is 26.2. The molecule has 0 bridgehead atoms. The number of carbonyl (C=O) groups is 2. The van der Waals surface area contributed by atoms with E-state index in [1.165, 1.54) is 12.5 Å². The van der Waals surface area contributed by atoms with Gasteiger partial charge in [-0.15, -0.1) is 0 Å². The quantitative estimate of drug-likeness (QED) is 0.905. The van der Waals surface area contributed by atoms with Crippen molar-refractivity contribution in [2.24, 2.45) is 11.8 Å². The fraction of sp³-hybridized carbons (Fsp3) is 0.625. The molecular formula is C16H24N2O3. The maximum atomic E-state index is 12.3. The van der Waals surface area contributed by atoms with Gasteiger partial charge in [0.2, 0.25) is 5.91 Å². The Balaban J connectivity index is 1.85. The fourth-order valence-electron chi connectivity index (χ4n) is 2.57. The van der Waals surface area contributed by atoms with Gasteiger partial charge in [-0.3, -0.25) is 9.59 Å². The van der Waals surface area contributed by atoms with Gasteiger partial charge in [0.15, 0.2) is 0 Å². The maximum Gasteiger partial charge on any atom is 0.257 e. The Hall–Kier alpha value is -1.78. The molecule has 1 aromatic heterocycles. The van der Waals surface area contributed by atoms with E-state index in [9.17, 15) is 9.59 Å². The molecule has 2 rings (SSSR count). The zero-order valence-corrected chi connectivity index (χ0v) is 12.8. The molecule has 1 N–H and O–H groups in total.